The fourth-order valence-electron chi connectivity index (χ4n) is 3.09. The smallest absolute Gasteiger partial charge is 0.256 e. The van der Waals surface area contributed by atoms with Crippen LogP contribution < -0.4 is 0 Å². The number of carbonyl (C=O) groups is 1. The minimum atomic E-state index is -0.585. The summed E-state index contributed by atoms with van der Waals surface area (Å²) in [5.41, 5.74) is 1.58. The third kappa shape index (κ3) is 2.49. The van der Waals surface area contributed by atoms with Crippen LogP contribution >= 0.6 is 0 Å². The van der Waals surface area contributed by atoms with Gasteiger partial charge in [-0.2, -0.15) is 0 Å². The molecular weight excluding hydrogens is 311 g/mol. The second-order valence-corrected chi connectivity index (χ2v) is 5.76. The van der Waals surface area contributed by atoms with E-state index in [1.165, 1.54) is 12.3 Å². The van der Waals surface area contributed by atoms with Crippen LogP contribution in [0.3, 0.4) is 0 Å². The first-order valence-corrected chi connectivity index (χ1v) is 7.79. The summed E-state index contributed by atoms with van der Waals surface area (Å²) in [6, 6.07) is 5.37. The number of carbonyl (C=O) groups excluding carboxylic acids is 1. The van der Waals surface area contributed by atoms with Gasteiger partial charge in [0.2, 0.25) is 5.65 Å². The predicted molar refractivity (Wildman–Crippen MR) is 83.7 cm³/mol. The topological polar surface area (TPSA) is 76.8 Å². The van der Waals surface area contributed by atoms with E-state index in [4.69, 9.17) is 0 Å². The molecule has 1 fully saturated rings. The Balaban J connectivity index is 1.49. The van der Waals surface area contributed by atoms with Gasteiger partial charge in [0.25, 0.3) is 5.91 Å². The maximum Gasteiger partial charge on any atom is 0.256 e. The van der Waals surface area contributed by atoms with Crippen molar-refractivity contribution >= 4 is 17.1 Å². The molecule has 1 aliphatic rings. The lowest BCUT2D eigenvalue weighted by Crippen LogP contribution is -2.39. The Morgan fingerprint density at radius 2 is 2.04 bits per heavy atom. The maximum absolute atomic E-state index is 13.7. The van der Waals surface area contributed by atoms with Crippen molar-refractivity contribution in [2.75, 3.05) is 13.1 Å². The van der Waals surface area contributed by atoms with Crippen LogP contribution in [0.15, 0.2) is 36.8 Å². The van der Waals surface area contributed by atoms with E-state index in [1.54, 1.807) is 11.1 Å². The maximum atomic E-state index is 13.7. The molecule has 4 rings (SSSR count). The van der Waals surface area contributed by atoms with Crippen LogP contribution in [0.4, 0.5) is 4.39 Å². The summed E-state index contributed by atoms with van der Waals surface area (Å²) in [5, 5.41) is 8.27. The van der Waals surface area contributed by atoms with E-state index < -0.39 is 5.82 Å². The van der Waals surface area contributed by atoms with E-state index in [0.29, 0.717) is 18.7 Å². The Morgan fingerprint density at radius 1 is 1.21 bits per heavy atom. The SMILES string of the molecule is O=C(c1ccncc1F)N1CCC(n2nnc3ncccc32)CC1. The van der Waals surface area contributed by atoms with Crippen molar-refractivity contribution in [3.63, 3.8) is 0 Å². The average Bonchev–Trinajstić information content (AvgIpc) is 3.06. The van der Waals surface area contributed by atoms with Crippen molar-refractivity contribution in [1.29, 1.82) is 0 Å². The van der Waals surface area contributed by atoms with E-state index in [-0.39, 0.29) is 17.5 Å². The van der Waals surface area contributed by atoms with Crippen molar-refractivity contribution < 1.29 is 9.18 Å². The summed E-state index contributed by atoms with van der Waals surface area (Å²) in [6.07, 6.45) is 5.66. The number of halogens is 1. The predicted octanol–water partition coefficient (Wildman–Crippen LogP) is 1.84. The second kappa shape index (κ2) is 5.95. The Labute approximate surface area is 137 Å². The number of hydrogen-bond donors (Lipinski definition) is 0. The van der Waals surface area contributed by atoms with Crippen molar-refractivity contribution in [1.82, 2.24) is 29.9 Å². The zero-order chi connectivity index (χ0) is 16.5. The summed E-state index contributed by atoms with van der Waals surface area (Å²) in [5.74, 6) is -0.878. The first-order chi connectivity index (χ1) is 11.7. The number of fused-ring (bicyclic) bond motifs is 1. The average molecular weight is 326 g/mol. The molecular formula is C16H15FN6O. The van der Waals surface area contributed by atoms with Gasteiger partial charge in [-0.1, -0.05) is 5.21 Å². The van der Waals surface area contributed by atoms with Crippen molar-refractivity contribution in [3.8, 4) is 0 Å². The number of piperidine rings is 1. The quantitative estimate of drug-likeness (QED) is 0.718. The number of nitrogens with zero attached hydrogens (tertiary/aromatic N) is 6. The molecule has 0 atom stereocenters. The number of hydrogen-bond acceptors (Lipinski definition) is 5. The molecule has 24 heavy (non-hydrogen) atoms. The molecule has 0 saturated carbocycles. The van der Waals surface area contributed by atoms with Gasteiger partial charge in [0.1, 0.15) is 5.52 Å². The molecule has 0 N–H and O–H groups in total. The fourth-order valence-corrected chi connectivity index (χ4v) is 3.09. The molecule has 0 unspecified atom stereocenters. The van der Waals surface area contributed by atoms with E-state index in [2.05, 4.69) is 20.3 Å². The number of rotatable bonds is 2. The van der Waals surface area contributed by atoms with E-state index in [9.17, 15) is 9.18 Å². The molecule has 0 aromatic carbocycles. The lowest BCUT2D eigenvalue weighted by atomic mass is 10.0. The van der Waals surface area contributed by atoms with Gasteiger partial charge in [-0.15, -0.1) is 5.10 Å². The molecule has 8 heteroatoms. The Kier molecular flexibility index (Phi) is 3.64. The van der Waals surface area contributed by atoms with Crippen LogP contribution in [0.5, 0.6) is 0 Å². The van der Waals surface area contributed by atoms with Gasteiger partial charge in [-0.25, -0.2) is 14.1 Å². The lowest BCUT2D eigenvalue weighted by molar-refractivity contribution is 0.0686. The van der Waals surface area contributed by atoms with Crippen LogP contribution in [0.1, 0.15) is 29.2 Å². The minimum absolute atomic E-state index is 0.0684. The van der Waals surface area contributed by atoms with Crippen LogP contribution in [-0.4, -0.2) is 48.9 Å². The molecule has 0 bridgehead atoms. The Bertz CT molecular complexity index is 887. The highest BCUT2D eigenvalue weighted by atomic mass is 19.1. The highest BCUT2D eigenvalue weighted by Crippen LogP contribution is 2.25. The van der Waals surface area contributed by atoms with Crippen LogP contribution in [-0.2, 0) is 0 Å². The van der Waals surface area contributed by atoms with Gasteiger partial charge in [0, 0.05) is 25.5 Å². The standard InChI is InChI=1S/C16H15FN6O/c17-13-10-18-7-3-12(13)16(24)22-8-4-11(5-9-22)23-14-2-1-6-19-15(14)20-21-23/h1-3,6-7,10-11H,4-5,8-9H2. The Hall–Kier alpha value is -2.90. The van der Waals surface area contributed by atoms with Gasteiger partial charge in [0.05, 0.1) is 17.8 Å². The first kappa shape index (κ1) is 14.7. The number of amides is 1. The van der Waals surface area contributed by atoms with Crippen molar-refractivity contribution in [3.05, 3.63) is 48.2 Å². The first-order valence-electron chi connectivity index (χ1n) is 7.79. The third-order valence-electron chi connectivity index (χ3n) is 4.35. The zero-order valence-corrected chi connectivity index (χ0v) is 12.8. The second-order valence-electron chi connectivity index (χ2n) is 5.76. The van der Waals surface area contributed by atoms with Gasteiger partial charge in [-0.05, 0) is 31.0 Å². The highest BCUT2D eigenvalue weighted by molar-refractivity contribution is 5.94. The van der Waals surface area contributed by atoms with E-state index in [0.717, 1.165) is 24.6 Å². The summed E-state index contributed by atoms with van der Waals surface area (Å²) < 4.78 is 15.6. The third-order valence-corrected chi connectivity index (χ3v) is 4.35. The van der Waals surface area contributed by atoms with Crippen LogP contribution in [0.2, 0.25) is 0 Å². The van der Waals surface area contributed by atoms with E-state index >= 15 is 0 Å². The molecule has 4 heterocycles. The molecule has 3 aromatic rings. The fraction of sp³-hybridized carbons (Fsp3) is 0.312. The molecule has 1 saturated heterocycles. The molecule has 1 amide bonds. The molecule has 0 spiro atoms. The molecule has 122 valence electrons. The lowest BCUT2D eigenvalue weighted by Gasteiger charge is -2.32. The Morgan fingerprint density at radius 3 is 2.83 bits per heavy atom. The summed E-state index contributed by atoms with van der Waals surface area (Å²) in [4.78, 5) is 22.0. The highest BCUT2D eigenvalue weighted by Gasteiger charge is 2.27. The summed E-state index contributed by atoms with van der Waals surface area (Å²) in [6.45, 7) is 1.10. The van der Waals surface area contributed by atoms with Crippen LogP contribution in [0.25, 0.3) is 11.2 Å². The van der Waals surface area contributed by atoms with E-state index in [1.807, 2.05) is 16.8 Å². The molecule has 1 aliphatic heterocycles. The molecule has 3 aromatic heterocycles. The largest absolute Gasteiger partial charge is 0.338 e. The zero-order valence-electron chi connectivity index (χ0n) is 12.8. The summed E-state index contributed by atoms with van der Waals surface area (Å²) in [7, 11) is 0. The van der Waals surface area contributed by atoms with Crippen molar-refractivity contribution in [2.24, 2.45) is 0 Å². The summed E-state index contributed by atoms with van der Waals surface area (Å²) >= 11 is 0. The number of likely N-dealkylation sites (tertiary alicyclic amines) is 1. The van der Waals surface area contributed by atoms with Crippen LogP contribution in [0, 0.1) is 5.82 Å². The van der Waals surface area contributed by atoms with Crippen molar-refractivity contribution in [2.45, 2.75) is 18.9 Å². The molecule has 0 radical (unpaired) electrons. The van der Waals surface area contributed by atoms with Gasteiger partial charge >= 0.3 is 0 Å². The molecule has 0 aliphatic carbocycles. The molecule has 7 nitrogen and oxygen atoms in total. The minimum Gasteiger partial charge on any atom is -0.338 e. The van der Waals surface area contributed by atoms with Gasteiger partial charge in [0.15, 0.2) is 5.82 Å². The van der Waals surface area contributed by atoms with Gasteiger partial charge in [-0.3, -0.25) is 9.78 Å². The normalized spacial score (nSPS) is 15.8. The number of aromatic nitrogens is 5. The number of pyridine rings is 2. The van der Waals surface area contributed by atoms with Gasteiger partial charge < -0.3 is 4.90 Å². The monoisotopic (exact) mass is 326 g/mol.